The molecule has 4 aliphatic heterocycles. The lowest BCUT2D eigenvalue weighted by atomic mass is 9.78. The second-order valence-electron chi connectivity index (χ2n) is 21.8. The molecule has 0 radical (unpaired) electrons. The van der Waals surface area contributed by atoms with Crippen molar-refractivity contribution >= 4 is 29.2 Å². The minimum Gasteiger partial charge on any atom is -0.460 e. The first-order valence-electron chi connectivity index (χ1n) is 27.3. The topological polar surface area (TPSA) is 223 Å². The number of aliphatic hydroxyl groups excluding tert-OH is 2. The molecular weight excluding hydrogens is 955 g/mol. The van der Waals surface area contributed by atoms with E-state index in [1.807, 2.05) is 58.1 Å². The normalized spacial score (nSPS) is 38.1. The van der Waals surface area contributed by atoms with Gasteiger partial charge >= 0.3 is 5.97 Å². The molecule has 5 rings (SSSR count). The van der Waals surface area contributed by atoms with Crippen LogP contribution in [0.5, 0.6) is 0 Å². The van der Waals surface area contributed by atoms with Crippen molar-refractivity contribution in [2.45, 2.75) is 186 Å². The van der Waals surface area contributed by atoms with E-state index >= 15 is 0 Å². The van der Waals surface area contributed by atoms with Gasteiger partial charge < -0.3 is 58.1 Å². The van der Waals surface area contributed by atoms with Gasteiger partial charge in [0, 0.05) is 51.4 Å². The number of carbonyl (C=O) groups is 5. The molecule has 0 unspecified atom stereocenters. The van der Waals surface area contributed by atoms with Gasteiger partial charge in [-0.05, 0) is 107 Å². The SMILES string of the molecule is CO[C@@H]1C[C@H](C[C@@H](C)[C@@H]2CC(=O)[C@H](C)/C=C(\C)[C@@H](O)[C@@H](OC)C(=O)[C@H](C)C[C@H](C)/C=C/C=C/C=C(\C)[C@@H](OCCOC3COC3)C[C@@H]3CC[C@@H](C)[C@@](O)(O3)C(=O)C(=O)N3CCCC[C@H]3C(=O)O2)CC[C@H]1OCCO. The van der Waals surface area contributed by atoms with Crippen molar-refractivity contribution in [2.75, 3.05) is 60.4 Å². The Hall–Kier alpha value is -3.49. The lowest BCUT2D eigenvalue weighted by Crippen LogP contribution is -2.61. The Balaban J connectivity index is 1.46. The van der Waals surface area contributed by atoms with Crippen LogP contribution in [0.1, 0.15) is 126 Å². The smallest absolute Gasteiger partial charge is 0.329 e. The van der Waals surface area contributed by atoms with Gasteiger partial charge in [-0.25, -0.2) is 4.79 Å². The summed E-state index contributed by atoms with van der Waals surface area (Å²) in [5.74, 6) is -8.16. The highest BCUT2D eigenvalue weighted by molar-refractivity contribution is 6.39. The molecule has 17 heteroatoms. The van der Waals surface area contributed by atoms with Gasteiger partial charge in [-0.2, -0.15) is 0 Å². The zero-order valence-corrected chi connectivity index (χ0v) is 45.7. The number of ketones is 3. The van der Waals surface area contributed by atoms with Gasteiger partial charge in [0.25, 0.3) is 11.7 Å². The van der Waals surface area contributed by atoms with E-state index in [9.17, 15) is 39.3 Å². The number of piperidine rings is 1. The number of hydrogen-bond acceptors (Lipinski definition) is 16. The summed E-state index contributed by atoms with van der Waals surface area (Å²) in [4.78, 5) is 72.8. The molecule has 5 aliphatic rings. The van der Waals surface area contributed by atoms with Gasteiger partial charge in [0.2, 0.25) is 5.79 Å². The largest absolute Gasteiger partial charge is 0.460 e. The van der Waals surface area contributed by atoms with E-state index in [0.717, 1.165) is 12.0 Å². The first kappa shape index (κ1) is 61.4. The molecule has 0 aromatic rings. The Labute approximate surface area is 439 Å². The molecule has 1 saturated carbocycles. The van der Waals surface area contributed by atoms with Crippen LogP contribution in [0.25, 0.3) is 0 Å². The van der Waals surface area contributed by atoms with Gasteiger partial charge in [-0.15, -0.1) is 0 Å². The molecule has 17 nitrogen and oxygen atoms in total. The maximum Gasteiger partial charge on any atom is 0.329 e. The third-order valence-electron chi connectivity index (χ3n) is 16.0. The number of methoxy groups -OCH3 is 2. The number of ether oxygens (including phenoxy) is 8. The van der Waals surface area contributed by atoms with E-state index in [1.54, 1.807) is 34.0 Å². The molecule has 15 atom stereocenters. The van der Waals surface area contributed by atoms with Crippen LogP contribution in [0.4, 0.5) is 0 Å². The molecule has 4 fully saturated rings. The number of allylic oxidation sites excluding steroid dienone is 6. The summed E-state index contributed by atoms with van der Waals surface area (Å²) in [5, 5.41) is 33.1. The molecule has 0 spiro atoms. The Morgan fingerprint density at radius 1 is 0.824 bits per heavy atom. The van der Waals surface area contributed by atoms with Gasteiger partial charge in [-0.3, -0.25) is 19.2 Å². The minimum absolute atomic E-state index is 0.00695. The fraction of sp³-hybridized carbons (Fsp3) is 0.772. The minimum atomic E-state index is -2.48. The van der Waals surface area contributed by atoms with Crippen molar-refractivity contribution < 1.29 is 77.2 Å². The van der Waals surface area contributed by atoms with Crippen LogP contribution < -0.4 is 0 Å². The molecule has 0 aromatic carbocycles. The first-order chi connectivity index (χ1) is 35.3. The fourth-order valence-electron chi connectivity index (χ4n) is 11.1. The molecule has 3 N–H and O–H groups in total. The zero-order chi connectivity index (χ0) is 54.1. The lowest BCUT2D eigenvalue weighted by molar-refractivity contribution is -0.266. The summed E-state index contributed by atoms with van der Waals surface area (Å²) in [6.45, 7) is 14.5. The number of amides is 1. The second-order valence-corrected chi connectivity index (χ2v) is 21.8. The molecule has 418 valence electrons. The molecule has 3 saturated heterocycles. The van der Waals surface area contributed by atoms with Crippen LogP contribution in [-0.4, -0.2) is 171 Å². The fourth-order valence-corrected chi connectivity index (χ4v) is 11.1. The van der Waals surface area contributed by atoms with Gasteiger partial charge in [0.05, 0.1) is 64.1 Å². The van der Waals surface area contributed by atoms with Crippen LogP contribution in [0.3, 0.4) is 0 Å². The zero-order valence-electron chi connectivity index (χ0n) is 45.7. The highest BCUT2D eigenvalue weighted by Gasteiger charge is 2.53. The number of aliphatic hydroxyl groups is 3. The number of Topliss-reactive ketones (excluding diaryl/α,β-unsaturated/α-hetero) is 3. The number of esters is 1. The average molecular weight is 1040 g/mol. The first-order valence-corrected chi connectivity index (χ1v) is 27.3. The monoisotopic (exact) mass is 1040 g/mol. The van der Waals surface area contributed by atoms with E-state index in [1.165, 1.54) is 12.0 Å². The highest BCUT2D eigenvalue weighted by atomic mass is 16.6. The number of hydrogen-bond donors (Lipinski definition) is 3. The molecule has 4 heterocycles. The van der Waals surface area contributed by atoms with E-state index in [4.69, 9.17) is 37.9 Å². The summed E-state index contributed by atoms with van der Waals surface area (Å²) in [6.07, 6.45) is 11.6. The van der Waals surface area contributed by atoms with Crippen LogP contribution in [0.15, 0.2) is 47.6 Å². The number of nitrogens with zero attached hydrogens (tertiary/aromatic N) is 1. The number of carbonyl (C=O) groups excluding carboxylic acids is 5. The van der Waals surface area contributed by atoms with Crippen LogP contribution >= 0.6 is 0 Å². The maximum absolute atomic E-state index is 14.6. The van der Waals surface area contributed by atoms with Gasteiger partial charge in [0.1, 0.15) is 36.2 Å². The number of fused-ring (bicyclic) bond motifs is 3. The van der Waals surface area contributed by atoms with Crippen LogP contribution in [-0.2, 0) is 61.9 Å². The van der Waals surface area contributed by atoms with Crippen molar-refractivity contribution in [1.29, 1.82) is 0 Å². The van der Waals surface area contributed by atoms with Crippen molar-refractivity contribution in [1.82, 2.24) is 4.90 Å². The van der Waals surface area contributed by atoms with Crippen LogP contribution in [0, 0.1) is 35.5 Å². The Morgan fingerprint density at radius 2 is 1.57 bits per heavy atom. The molecular formula is C57H89NO16. The molecule has 2 bridgehead atoms. The van der Waals surface area contributed by atoms with Gasteiger partial charge in [-0.1, -0.05) is 71.1 Å². The maximum atomic E-state index is 14.6. The lowest BCUT2D eigenvalue weighted by Gasteiger charge is -2.43. The quantitative estimate of drug-likeness (QED) is 0.0835. The van der Waals surface area contributed by atoms with Crippen molar-refractivity contribution in [3.63, 3.8) is 0 Å². The summed E-state index contributed by atoms with van der Waals surface area (Å²) in [5.41, 5.74) is 1.24. The molecule has 74 heavy (non-hydrogen) atoms. The predicted molar refractivity (Wildman–Crippen MR) is 275 cm³/mol. The summed E-state index contributed by atoms with van der Waals surface area (Å²) >= 11 is 0. The van der Waals surface area contributed by atoms with E-state index in [0.29, 0.717) is 76.8 Å². The van der Waals surface area contributed by atoms with Crippen molar-refractivity contribution in [2.24, 2.45) is 35.5 Å². The Morgan fingerprint density at radius 3 is 2.26 bits per heavy atom. The Kier molecular flexibility index (Phi) is 24.8. The summed E-state index contributed by atoms with van der Waals surface area (Å²) in [7, 11) is 3.01. The predicted octanol–water partition coefficient (Wildman–Crippen LogP) is 5.98. The van der Waals surface area contributed by atoms with Crippen LogP contribution in [0.2, 0.25) is 0 Å². The third-order valence-corrected chi connectivity index (χ3v) is 16.0. The number of cyclic esters (lactones) is 1. The second kappa shape index (κ2) is 29.9. The van der Waals surface area contributed by atoms with E-state index < -0.39 is 77.8 Å². The highest BCUT2D eigenvalue weighted by Crippen LogP contribution is 2.38. The van der Waals surface area contributed by atoms with Crippen molar-refractivity contribution in [3.8, 4) is 0 Å². The number of rotatable bonds is 13. The summed E-state index contributed by atoms with van der Waals surface area (Å²) in [6, 6.07) is -1.16. The van der Waals surface area contributed by atoms with Crippen molar-refractivity contribution in [3.05, 3.63) is 47.6 Å². The summed E-state index contributed by atoms with van der Waals surface area (Å²) < 4.78 is 47.4. The standard InChI is InChI=1S/C57H89NO16/c1-35-15-11-10-12-16-36(2)48(72-26-25-70-44-33-69-34-44)31-43-20-18-41(7)57(66,74-43)54(63)55(64)58-22-14-13-17-45(58)56(65)73-49(38(4)29-42-19-21-47(71-24-23-59)50(30-42)67-8)32-46(60)37(3)28-40(6)52(62)53(68-9)51(61)39(5)27-35/h10-12,15-16,28,35,37-39,41-45,47-50,52-53,59,62,66H,13-14,17-27,29-34H2,1-9H3/b12-10+,15-11+,36-16+,40-28+/t35-,37-,38-,39-,41-,42+,43+,45+,47-,48+,49+,50-,52-,53+,57-/m1/s1. The molecule has 0 aromatic heterocycles. The molecule has 1 aliphatic carbocycles. The molecule has 1 amide bonds. The average Bonchev–Trinajstić information content (AvgIpc) is 3.36. The van der Waals surface area contributed by atoms with Gasteiger partial charge in [0.15, 0.2) is 5.78 Å². The van der Waals surface area contributed by atoms with E-state index in [-0.39, 0.29) is 93.3 Å². The third kappa shape index (κ3) is 17.0. The van der Waals surface area contributed by atoms with E-state index in [2.05, 4.69) is 0 Å². The Bertz CT molecular complexity index is 1960.